The van der Waals surface area contributed by atoms with Gasteiger partial charge in [0.1, 0.15) is 23.6 Å². The van der Waals surface area contributed by atoms with E-state index >= 15 is 0 Å². The van der Waals surface area contributed by atoms with Crippen molar-refractivity contribution in [1.82, 2.24) is 21.2 Å². The zero-order valence-corrected chi connectivity index (χ0v) is 21.0. The molecule has 0 aliphatic heterocycles. The number of hydrazine groups is 1. The zero-order valence-electron chi connectivity index (χ0n) is 20.2. The third kappa shape index (κ3) is 6.60. The molecule has 3 amide bonds. The van der Waals surface area contributed by atoms with Gasteiger partial charge >= 0.3 is 0 Å². The number of hydrogen-bond donors (Lipinski definition) is 4. The Kier molecular flexibility index (Phi) is 8.48. The van der Waals surface area contributed by atoms with Crippen LogP contribution in [0.5, 0.6) is 11.5 Å². The van der Waals surface area contributed by atoms with Crippen LogP contribution >= 0.6 is 11.3 Å². The lowest BCUT2D eigenvalue weighted by Gasteiger charge is -2.22. The van der Waals surface area contributed by atoms with Gasteiger partial charge in [-0.3, -0.25) is 25.2 Å². The third-order valence-electron chi connectivity index (χ3n) is 5.19. The highest BCUT2D eigenvalue weighted by Crippen LogP contribution is 2.26. The van der Waals surface area contributed by atoms with Gasteiger partial charge in [-0.05, 0) is 37.1 Å². The lowest BCUT2D eigenvalue weighted by molar-refractivity contribution is -0.130. The maximum absolute atomic E-state index is 12.8. The lowest BCUT2D eigenvalue weighted by atomic mass is 10.0. The van der Waals surface area contributed by atoms with E-state index in [0.29, 0.717) is 16.6 Å². The quantitative estimate of drug-likeness (QED) is 0.333. The summed E-state index contributed by atoms with van der Waals surface area (Å²) in [5.74, 6) is -0.841. The van der Waals surface area contributed by atoms with Crippen LogP contribution in [0.4, 0.5) is 5.13 Å². The smallest absolute Gasteiger partial charge is 0.261 e. The third-order valence-corrected chi connectivity index (χ3v) is 6.15. The molecule has 11 heteroatoms. The van der Waals surface area contributed by atoms with Crippen molar-refractivity contribution in [1.29, 1.82) is 0 Å². The van der Waals surface area contributed by atoms with Crippen molar-refractivity contribution in [3.8, 4) is 11.5 Å². The number of rotatable bonds is 9. The highest BCUT2D eigenvalue weighted by molar-refractivity contribution is 7.22. The predicted octanol–water partition coefficient (Wildman–Crippen LogP) is 2.72. The monoisotopic (exact) mass is 499 g/mol. The minimum absolute atomic E-state index is 0.248. The van der Waals surface area contributed by atoms with Crippen LogP contribution in [0.2, 0.25) is 0 Å². The summed E-state index contributed by atoms with van der Waals surface area (Å²) in [5, 5.41) is 6.34. The molecule has 0 spiro atoms. The van der Waals surface area contributed by atoms with Crippen LogP contribution < -0.4 is 31.0 Å². The predicted molar refractivity (Wildman–Crippen MR) is 135 cm³/mol. The summed E-state index contributed by atoms with van der Waals surface area (Å²) in [5.41, 5.74) is 5.92. The van der Waals surface area contributed by atoms with Gasteiger partial charge in [0.25, 0.3) is 17.7 Å². The van der Waals surface area contributed by atoms with Crippen molar-refractivity contribution in [2.24, 2.45) is 5.92 Å². The SMILES string of the molecule is COc1cc(OC)cc(C(=O)N[C@H](C(=O)NNC(=O)[C@H](C)Nc2nc3ccccc3s2)C(C)C)c1. The van der Waals surface area contributed by atoms with Crippen molar-refractivity contribution in [2.45, 2.75) is 32.9 Å². The van der Waals surface area contributed by atoms with Gasteiger partial charge in [-0.2, -0.15) is 0 Å². The number of aromatic nitrogens is 1. The molecule has 0 bridgehead atoms. The van der Waals surface area contributed by atoms with Crippen LogP contribution in [0.25, 0.3) is 10.2 Å². The Balaban J connectivity index is 1.58. The largest absolute Gasteiger partial charge is 0.497 e. The van der Waals surface area contributed by atoms with E-state index in [1.165, 1.54) is 25.6 Å². The zero-order chi connectivity index (χ0) is 25.5. The molecule has 2 aromatic carbocycles. The maximum Gasteiger partial charge on any atom is 0.261 e. The minimum Gasteiger partial charge on any atom is -0.497 e. The molecule has 186 valence electrons. The Morgan fingerprint density at radius 1 is 0.914 bits per heavy atom. The fourth-order valence-electron chi connectivity index (χ4n) is 3.19. The Labute approximate surface area is 207 Å². The fourth-order valence-corrected chi connectivity index (χ4v) is 4.14. The van der Waals surface area contributed by atoms with E-state index in [0.717, 1.165) is 10.2 Å². The molecule has 0 saturated carbocycles. The second kappa shape index (κ2) is 11.5. The first-order valence-corrected chi connectivity index (χ1v) is 11.8. The first-order valence-electron chi connectivity index (χ1n) is 11.0. The van der Waals surface area contributed by atoms with Crippen LogP contribution in [-0.4, -0.2) is 49.0 Å². The number of nitrogens with zero attached hydrogens (tertiary/aromatic N) is 1. The van der Waals surface area contributed by atoms with E-state index in [9.17, 15) is 14.4 Å². The number of para-hydroxylation sites is 1. The Morgan fingerprint density at radius 2 is 1.54 bits per heavy atom. The average molecular weight is 500 g/mol. The number of carbonyl (C=O) groups is 3. The molecule has 0 fully saturated rings. The molecule has 2 atom stereocenters. The van der Waals surface area contributed by atoms with E-state index in [1.807, 2.05) is 24.3 Å². The summed E-state index contributed by atoms with van der Waals surface area (Å²) >= 11 is 1.43. The van der Waals surface area contributed by atoms with Gasteiger partial charge in [0.05, 0.1) is 24.4 Å². The molecule has 0 aliphatic carbocycles. The molecule has 3 aromatic rings. The van der Waals surface area contributed by atoms with E-state index in [4.69, 9.17) is 9.47 Å². The lowest BCUT2D eigenvalue weighted by Crippen LogP contribution is -2.56. The molecular weight excluding hydrogens is 470 g/mol. The van der Waals surface area contributed by atoms with Crippen LogP contribution in [0, 0.1) is 5.92 Å². The molecule has 0 radical (unpaired) electrons. The van der Waals surface area contributed by atoms with Crippen molar-refractivity contribution in [2.75, 3.05) is 19.5 Å². The first-order chi connectivity index (χ1) is 16.7. The standard InChI is InChI=1S/C24H29N5O5S/c1-13(2)20(27-22(31)15-10-16(33-4)12-17(11-15)34-5)23(32)29-28-21(30)14(3)25-24-26-18-8-6-7-9-19(18)35-24/h6-14,20H,1-5H3,(H,25,26)(H,27,31)(H,28,30)(H,29,32)/t14-,20-/m0/s1. The van der Waals surface area contributed by atoms with Crippen molar-refractivity contribution >= 4 is 44.4 Å². The van der Waals surface area contributed by atoms with Gasteiger partial charge in [-0.1, -0.05) is 37.3 Å². The van der Waals surface area contributed by atoms with Crippen molar-refractivity contribution < 1.29 is 23.9 Å². The summed E-state index contributed by atoms with van der Waals surface area (Å²) in [6.45, 7) is 5.23. The molecular formula is C24H29N5O5S. The normalized spacial score (nSPS) is 12.5. The number of carbonyl (C=O) groups excluding carboxylic acids is 3. The Bertz CT molecular complexity index is 1160. The summed E-state index contributed by atoms with van der Waals surface area (Å²) in [6, 6.07) is 10.8. The number of nitrogens with one attached hydrogen (secondary N) is 4. The number of methoxy groups -OCH3 is 2. The van der Waals surface area contributed by atoms with Gasteiger partial charge in [0.2, 0.25) is 0 Å². The molecule has 3 rings (SSSR count). The minimum atomic E-state index is -0.896. The second-order valence-corrected chi connectivity index (χ2v) is 9.16. The maximum atomic E-state index is 12.8. The fraction of sp³-hybridized carbons (Fsp3) is 0.333. The highest BCUT2D eigenvalue weighted by Gasteiger charge is 2.26. The van der Waals surface area contributed by atoms with E-state index in [1.54, 1.807) is 39.0 Å². The summed E-state index contributed by atoms with van der Waals surface area (Å²) in [6.07, 6.45) is 0. The molecule has 1 heterocycles. The Morgan fingerprint density at radius 3 is 2.14 bits per heavy atom. The average Bonchev–Trinajstić information content (AvgIpc) is 3.26. The summed E-state index contributed by atoms with van der Waals surface area (Å²) in [4.78, 5) is 42.6. The van der Waals surface area contributed by atoms with E-state index in [2.05, 4.69) is 26.5 Å². The van der Waals surface area contributed by atoms with Crippen molar-refractivity contribution in [3.63, 3.8) is 0 Å². The van der Waals surface area contributed by atoms with Crippen molar-refractivity contribution in [3.05, 3.63) is 48.0 Å². The molecule has 35 heavy (non-hydrogen) atoms. The number of anilines is 1. The first kappa shape index (κ1) is 25.8. The summed E-state index contributed by atoms with van der Waals surface area (Å²) in [7, 11) is 2.96. The molecule has 0 unspecified atom stereocenters. The van der Waals surface area contributed by atoms with Crippen LogP contribution in [0.15, 0.2) is 42.5 Å². The second-order valence-electron chi connectivity index (χ2n) is 8.13. The topological polar surface area (TPSA) is 131 Å². The van der Waals surface area contributed by atoms with Gasteiger partial charge in [0, 0.05) is 11.6 Å². The number of amides is 3. The number of fused-ring (bicyclic) bond motifs is 1. The van der Waals surface area contributed by atoms with Gasteiger partial charge in [-0.15, -0.1) is 0 Å². The molecule has 4 N–H and O–H groups in total. The number of hydrogen-bond acceptors (Lipinski definition) is 8. The highest BCUT2D eigenvalue weighted by atomic mass is 32.1. The number of benzene rings is 2. The molecule has 0 aliphatic rings. The van der Waals surface area contributed by atoms with Gasteiger partial charge in [0.15, 0.2) is 5.13 Å². The summed E-state index contributed by atoms with van der Waals surface area (Å²) < 4.78 is 11.4. The van der Waals surface area contributed by atoms with E-state index < -0.39 is 29.8 Å². The van der Waals surface area contributed by atoms with Crippen LogP contribution in [-0.2, 0) is 9.59 Å². The molecule has 1 aromatic heterocycles. The van der Waals surface area contributed by atoms with Crippen LogP contribution in [0.3, 0.4) is 0 Å². The number of ether oxygens (including phenoxy) is 2. The number of thiazole rings is 1. The van der Waals surface area contributed by atoms with Gasteiger partial charge in [-0.25, -0.2) is 4.98 Å². The molecule has 10 nitrogen and oxygen atoms in total. The Hall–Kier alpha value is -3.86. The van der Waals surface area contributed by atoms with E-state index in [-0.39, 0.29) is 11.5 Å². The van der Waals surface area contributed by atoms with Gasteiger partial charge < -0.3 is 20.1 Å². The van der Waals surface area contributed by atoms with Crippen LogP contribution in [0.1, 0.15) is 31.1 Å². The molecule has 0 saturated heterocycles.